The zero-order chi connectivity index (χ0) is 13.5. The Bertz CT molecular complexity index is 417. The lowest BCUT2D eigenvalue weighted by atomic mass is 10.0. The van der Waals surface area contributed by atoms with Crippen molar-refractivity contribution in [1.82, 2.24) is 0 Å². The van der Waals surface area contributed by atoms with Gasteiger partial charge in [-0.25, -0.2) is 0 Å². The first-order valence-corrected chi connectivity index (χ1v) is 6.14. The van der Waals surface area contributed by atoms with Crippen molar-refractivity contribution in [2.75, 3.05) is 26.5 Å². The highest BCUT2D eigenvalue weighted by Crippen LogP contribution is 2.30. The van der Waals surface area contributed by atoms with Gasteiger partial charge in [-0.05, 0) is 31.0 Å². The molecule has 0 aliphatic rings. The topological polar surface area (TPSA) is 56.8 Å². The van der Waals surface area contributed by atoms with Crippen molar-refractivity contribution in [2.24, 2.45) is 4.99 Å². The Labute approximate surface area is 109 Å². The molecule has 1 aromatic carbocycles. The number of nitrogen functional groups attached to an aromatic ring is 1. The molecule has 0 aliphatic heterocycles. The Morgan fingerprint density at radius 2 is 2.11 bits per heavy atom. The highest BCUT2D eigenvalue weighted by molar-refractivity contribution is 5.89. The zero-order valence-electron chi connectivity index (χ0n) is 11.6. The van der Waals surface area contributed by atoms with Crippen LogP contribution in [0.1, 0.15) is 37.5 Å². The lowest BCUT2D eigenvalue weighted by molar-refractivity contribution is 0.119. The number of hydrogen-bond acceptors (Lipinski definition) is 4. The minimum absolute atomic E-state index is 0.00201. The molecule has 0 aromatic heterocycles. The van der Waals surface area contributed by atoms with E-state index in [4.69, 9.17) is 15.2 Å². The van der Waals surface area contributed by atoms with Gasteiger partial charge in [-0.15, -0.1) is 0 Å². The van der Waals surface area contributed by atoms with E-state index < -0.39 is 0 Å². The van der Waals surface area contributed by atoms with Crippen molar-refractivity contribution < 1.29 is 9.47 Å². The summed E-state index contributed by atoms with van der Waals surface area (Å²) in [6, 6.07) is 3.89. The highest BCUT2D eigenvalue weighted by Gasteiger charge is 2.11. The first kappa shape index (κ1) is 14.5. The summed E-state index contributed by atoms with van der Waals surface area (Å²) in [4.78, 5) is 4.32. The maximum Gasteiger partial charge on any atom is 0.142 e. The van der Waals surface area contributed by atoms with Crippen LogP contribution in [-0.2, 0) is 4.74 Å². The maximum absolute atomic E-state index is 6.03. The van der Waals surface area contributed by atoms with Crippen LogP contribution in [0.25, 0.3) is 0 Å². The smallest absolute Gasteiger partial charge is 0.142 e. The molecule has 1 aromatic rings. The third-order valence-electron chi connectivity index (χ3n) is 2.82. The first-order valence-electron chi connectivity index (χ1n) is 6.14. The van der Waals surface area contributed by atoms with Crippen molar-refractivity contribution in [3.8, 4) is 5.75 Å². The van der Waals surface area contributed by atoms with Crippen LogP contribution in [0.2, 0.25) is 0 Å². The molecule has 100 valence electrons. The summed E-state index contributed by atoms with van der Waals surface area (Å²) in [7, 11) is 3.29. The second-order valence-electron chi connectivity index (χ2n) is 4.14. The van der Waals surface area contributed by atoms with E-state index in [2.05, 4.69) is 11.9 Å². The van der Waals surface area contributed by atoms with E-state index in [1.165, 1.54) is 0 Å². The van der Waals surface area contributed by atoms with Crippen LogP contribution in [-0.4, -0.2) is 27.0 Å². The highest BCUT2D eigenvalue weighted by atomic mass is 16.5. The number of benzene rings is 1. The fourth-order valence-electron chi connectivity index (χ4n) is 1.61. The average Bonchev–Trinajstić information content (AvgIpc) is 2.40. The summed E-state index contributed by atoms with van der Waals surface area (Å²) in [6.45, 7) is 4.87. The van der Waals surface area contributed by atoms with E-state index in [1.54, 1.807) is 20.4 Å². The summed E-state index contributed by atoms with van der Waals surface area (Å²) in [5.41, 5.74) is 8.55. The standard InChI is InChI=1S/C14H22N2O2/c1-5-6-16-9-12-7-11(10(2)17-3)8-13(18-4)14(12)15/h7-10H,5-6,15H2,1-4H3. The van der Waals surface area contributed by atoms with Gasteiger partial charge < -0.3 is 15.2 Å². The molecular formula is C14H22N2O2. The molecule has 18 heavy (non-hydrogen) atoms. The average molecular weight is 250 g/mol. The fourth-order valence-corrected chi connectivity index (χ4v) is 1.61. The molecule has 0 fully saturated rings. The molecular weight excluding hydrogens is 228 g/mol. The number of methoxy groups -OCH3 is 2. The monoisotopic (exact) mass is 250 g/mol. The summed E-state index contributed by atoms with van der Waals surface area (Å²) < 4.78 is 10.6. The lowest BCUT2D eigenvalue weighted by Crippen LogP contribution is -2.03. The van der Waals surface area contributed by atoms with E-state index in [0.29, 0.717) is 11.4 Å². The number of aliphatic imine (C=N–C) groups is 1. The van der Waals surface area contributed by atoms with Crippen molar-refractivity contribution in [3.05, 3.63) is 23.3 Å². The Morgan fingerprint density at radius 1 is 1.39 bits per heavy atom. The van der Waals surface area contributed by atoms with Gasteiger partial charge >= 0.3 is 0 Å². The number of nitrogens with zero attached hydrogens (tertiary/aromatic N) is 1. The van der Waals surface area contributed by atoms with Gasteiger partial charge in [0, 0.05) is 25.4 Å². The molecule has 0 bridgehead atoms. The molecule has 1 rings (SSSR count). The minimum Gasteiger partial charge on any atom is -0.495 e. The molecule has 0 saturated heterocycles. The van der Waals surface area contributed by atoms with E-state index >= 15 is 0 Å². The largest absolute Gasteiger partial charge is 0.495 e. The van der Waals surface area contributed by atoms with Gasteiger partial charge in [-0.3, -0.25) is 4.99 Å². The van der Waals surface area contributed by atoms with Crippen molar-refractivity contribution in [3.63, 3.8) is 0 Å². The third-order valence-corrected chi connectivity index (χ3v) is 2.82. The molecule has 0 spiro atoms. The second-order valence-corrected chi connectivity index (χ2v) is 4.14. The summed E-state index contributed by atoms with van der Waals surface area (Å²) in [6.07, 6.45) is 2.81. The van der Waals surface area contributed by atoms with E-state index in [9.17, 15) is 0 Å². The molecule has 1 atom stereocenters. The van der Waals surface area contributed by atoms with E-state index in [0.717, 1.165) is 24.1 Å². The van der Waals surface area contributed by atoms with Gasteiger partial charge in [0.25, 0.3) is 0 Å². The zero-order valence-corrected chi connectivity index (χ0v) is 11.6. The number of ether oxygens (including phenoxy) is 2. The molecule has 4 nitrogen and oxygen atoms in total. The Morgan fingerprint density at radius 3 is 2.67 bits per heavy atom. The van der Waals surface area contributed by atoms with Crippen LogP contribution in [0.4, 0.5) is 5.69 Å². The van der Waals surface area contributed by atoms with Crippen molar-refractivity contribution in [2.45, 2.75) is 26.4 Å². The Hall–Kier alpha value is -1.55. The number of hydrogen-bond donors (Lipinski definition) is 1. The van der Waals surface area contributed by atoms with Crippen LogP contribution in [0, 0.1) is 0 Å². The van der Waals surface area contributed by atoms with Gasteiger partial charge in [0.1, 0.15) is 5.75 Å². The van der Waals surface area contributed by atoms with Crippen molar-refractivity contribution in [1.29, 1.82) is 0 Å². The summed E-state index contributed by atoms with van der Waals surface area (Å²) in [5, 5.41) is 0. The lowest BCUT2D eigenvalue weighted by Gasteiger charge is -2.14. The van der Waals surface area contributed by atoms with Crippen LogP contribution < -0.4 is 10.5 Å². The van der Waals surface area contributed by atoms with Gasteiger partial charge in [-0.2, -0.15) is 0 Å². The van der Waals surface area contributed by atoms with E-state index in [1.807, 2.05) is 19.1 Å². The number of anilines is 1. The summed E-state index contributed by atoms with van der Waals surface area (Å²) >= 11 is 0. The maximum atomic E-state index is 6.03. The van der Waals surface area contributed by atoms with Crippen molar-refractivity contribution >= 4 is 11.9 Å². The van der Waals surface area contributed by atoms with Crippen LogP contribution in [0.5, 0.6) is 5.75 Å². The predicted molar refractivity (Wildman–Crippen MR) is 75.6 cm³/mol. The Balaban J connectivity index is 3.14. The normalized spacial score (nSPS) is 12.9. The van der Waals surface area contributed by atoms with Gasteiger partial charge in [-0.1, -0.05) is 6.92 Å². The molecule has 0 heterocycles. The molecule has 4 heteroatoms. The minimum atomic E-state index is -0.00201. The van der Waals surface area contributed by atoms with Gasteiger partial charge in [0.05, 0.1) is 18.9 Å². The first-order chi connectivity index (χ1) is 8.63. The van der Waals surface area contributed by atoms with Gasteiger partial charge in [0.2, 0.25) is 0 Å². The summed E-state index contributed by atoms with van der Waals surface area (Å²) in [5.74, 6) is 0.661. The molecule has 0 radical (unpaired) electrons. The van der Waals surface area contributed by atoms with Crippen LogP contribution >= 0.6 is 0 Å². The number of nitrogens with two attached hydrogens (primary N) is 1. The fraction of sp³-hybridized carbons (Fsp3) is 0.500. The molecule has 2 N–H and O–H groups in total. The molecule has 0 saturated carbocycles. The number of rotatable bonds is 6. The third kappa shape index (κ3) is 3.47. The molecule has 0 amide bonds. The molecule has 1 unspecified atom stereocenters. The second kappa shape index (κ2) is 7.01. The van der Waals surface area contributed by atoms with Crippen LogP contribution in [0.15, 0.2) is 17.1 Å². The van der Waals surface area contributed by atoms with E-state index in [-0.39, 0.29) is 6.10 Å². The van der Waals surface area contributed by atoms with Crippen LogP contribution in [0.3, 0.4) is 0 Å². The SMILES string of the molecule is CCCN=Cc1cc(C(C)OC)cc(OC)c1N. The van der Waals surface area contributed by atoms with Gasteiger partial charge in [0.15, 0.2) is 0 Å². The quantitative estimate of drug-likeness (QED) is 0.624. The Kier molecular flexibility index (Phi) is 5.65. The molecule has 0 aliphatic carbocycles. The predicted octanol–water partition coefficient (Wildman–Crippen LogP) is 2.81.